The molecule has 3 aromatic rings. The van der Waals surface area contributed by atoms with E-state index in [1.165, 1.54) is 25.3 Å². The van der Waals surface area contributed by atoms with Crippen LogP contribution in [0.4, 0.5) is 10.1 Å². The molecule has 0 saturated carbocycles. The smallest absolute Gasteiger partial charge is 0.250 e. The van der Waals surface area contributed by atoms with E-state index in [1.54, 1.807) is 0 Å². The van der Waals surface area contributed by atoms with Crippen molar-refractivity contribution >= 4 is 34.1 Å². The molecule has 2 aromatic carbocycles. The van der Waals surface area contributed by atoms with Gasteiger partial charge in [-0.05, 0) is 55.3 Å². The highest BCUT2D eigenvalue weighted by Gasteiger charge is 2.14. The van der Waals surface area contributed by atoms with Crippen LogP contribution < -0.4 is 5.32 Å². The van der Waals surface area contributed by atoms with E-state index >= 15 is 0 Å². The monoisotopic (exact) mass is 372 g/mol. The van der Waals surface area contributed by atoms with Gasteiger partial charge in [-0.25, -0.2) is 9.37 Å². The summed E-state index contributed by atoms with van der Waals surface area (Å²) in [5, 5.41) is 4.11. The zero-order chi connectivity index (χ0) is 18.8. The summed E-state index contributed by atoms with van der Waals surface area (Å²) in [6.07, 6.45) is 0. The third-order valence-electron chi connectivity index (χ3n) is 4.11. The summed E-state index contributed by atoms with van der Waals surface area (Å²) in [5.41, 5.74) is 4.36. The van der Waals surface area contributed by atoms with Crippen LogP contribution in [0.3, 0.4) is 0 Å². The van der Waals surface area contributed by atoms with E-state index in [-0.39, 0.29) is 18.3 Å². The summed E-state index contributed by atoms with van der Waals surface area (Å²) < 4.78 is 18.5. The first kappa shape index (κ1) is 18.3. The van der Waals surface area contributed by atoms with Crippen LogP contribution in [0.5, 0.6) is 0 Å². The van der Waals surface area contributed by atoms with E-state index in [4.69, 9.17) is 16.3 Å². The van der Waals surface area contributed by atoms with Crippen molar-refractivity contribution < 1.29 is 13.9 Å². The van der Waals surface area contributed by atoms with Crippen molar-refractivity contribution in [1.29, 1.82) is 0 Å². The molecule has 1 heterocycles. The van der Waals surface area contributed by atoms with Crippen LogP contribution >= 0.6 is 11.6 Å². The number of nitrogens with one attached hydrogen (secondary N) is 1. The number of carbonyl (C=O) groups is 1. The number of pyridine rings is 1. The lowest BCUT2D eigenvalue weighted by atomic mass is 10.0. The summed E-state index contributed by atoms with van der Waals surface area (Å²) in [5.74, 6) is -0.615. The van der Waals surface area contributed by atoms with Gasteiger partial charge in [0.05, 0.1) is 21.9 Å². The molecule has 4 nitrogen and oxygen atoms in total. The van der Waals surface area contributed by atoms with Crippen molar-refractivity contribution in [1.82, 2.24) is 4.98 Å². The van der Waals surface area contributed by atoms with E-state index < -0.39 is 0 Å². The Morgan fingerprint density at radius 2 is 1.96 bits per heavy atom. The molecule has 0 spiro atoms. The first-order valence-electron chi connectivity index (χ1n) is 8.06. The van der Waals surface area contributed by atoms with Crippen LogP contribution in [-0.4, -0.2) is 24.6 Å². The number of hydrogen-bond donors (Lipinski definition) is 1. The summed E-state index contributed by atoms with van der Waals surface area (Å²) in [4.78, 5) is 16.6. The van der Waals surface area contributed by atoms with Crippen molar-refractivity contribution in [3.05, 3.63) is 58.4 Å². The number of fused-ring (bicyclic) bond motifs is 1. The number of anilines is 1. The molecule has 0 aliphatic heterocycles. The average molecular weight is 373 g/mol. The van der Waals surface area contributed by atoms with Crippen LogP contribution in [0.2, 0.25) is 5.02 Å². The minimum atomic E-state index is -0.374. The van der Waals surface area contributed by atoms with Crippen molar-refractivity contribution in [2.45, 2.75) is 13.8 Å². The number of aryl methyl sites for hydroxylation is 2. The second-order valence-corrected chi connectivity index (χ2v) is 6.49. The van der Waals surface area contributed by atoms with Crippen LogP contribution in [0.1, 0.15) is 11.1 Å². The number of methoxy groups -OCH3 is 1. The lowest BCUT2D eigenvalue weighted by Gasteiger charge is -2.14. The van der Waals surface area contributed by atoms with Crippen LogP contribution in [0.25, 0.3) is 22.2 Å². The van der Waals surface area contributed by atoms with Crippen molar-refractivity contribution in [3.63, 3.8) is 0 Å². The van der Waals surface area contributed by atoms with Gasteiger partial charge in [0.1, 0.15) is 12.4 Å². The predicted octanol–water partition coefficient (Wildman–Crippen LogP) is 4.90. The van der Waals surface area contributed by atoms with E-state index in [0.717, 1.165) is 22.0 Å². The number of halogens is 2. The maximum atomic E-state index is 13.7. The van der Waals surface area contributed by atoms with E-state index in [9.17, 15) is 9.18 Å². The van der Waals surface area contributed by atoms with Gasteiger partial charge in [-0.3, -0.25) is 4.79 Å². The van der Waals surface area contributed by atoms with Crippen molar-refractivity contribution in [2.75, 3.05) is 19.0 Å². The third-order valence-corrected chi connectivity index (χ3v) is 4.44. The zero-order valence-corrected chi connectivity index (χ0v) is 15.4. The fourth-order valence-corrected chi connectivity index (χ4v) is 3.14. The molecule has 0 fully saturated rings. The third kappa shape index (κ3) is 3.54. The van der Waals surface area contributed by atoms with Gasteiger partial charge in [0.2, 0.25) is 5.91 Å². The van der Waals surface area contributed by atoms with Gasteiger partial charge in [-0.2, -0.15) is 0 Å². The normalized spacial score (nSPS) is 11.0. The molecule has 1 amide bonds. The second-order valence-electron chi connectivity index (χ2n) is 6.08. The standard InChI is InChI=1S/C20H18ClFN2O2/c1-11-4-7-16(23-18(25)10-26-3)19-12(2)8-17(24-20(11)19)14-9-13(22)5-6-15(14)21/h4-9H,10H2,1-3H3,(H,23,25). The SMILES string of the molecule is COCC(=O)Nc1ccc(C)c2nc(-c3cc(F)ccc3Cl)cc(C)c12. The Hall–Kier alpha value is -2.50. The number of hydrogen-bond acceptors (Lipinski definition) is 3. The minimum Gasteiger partial charge on any atom is -0.375 e. The summed E-state index contributed by atoms with van der Waals surface area (Å²) in [6.45, 7) is 3.83. The first-order valence-corrected chi connectivity index (χ1v) is 8.43. The number of ether oxygens (including phenoxy) is 1. The highest BCUT2D eigenvalue weighted by Crippen LogP contribution is 2.34. The molecule has 0 aliphatic carbocycles. The zero-order valence-electron chi connectivity index (χ0n) is 14.7. The number of aromatic nitrogens is 1. The highest BCUT2D eigenvalue weighted by molar-refractivity contribution is 6.33. The van der Waals surface area contributed by atoms with E-state index in [1.807, 2.05) is 32.0 Å². The number of rotatable bonds is 4. The minimum absolute atomic E-state index is 0.0289. The van der Waals surface area contributed by atoms with Gasteiger partial charge in [0, 0.05) is 18.1 Å². The van der Waals surface area contributed by atoms with Gasteiger partial charge >= 0.3 is 0 Å². The summed E-state index contributed by atoms with van der Waals surface area (Å²) >= 11 is 6.23. The Morgan fingerprint density at radius 1 is 1.19 bits per heavy atom. The Balaban J connectivity index is 2.18. The maximum absolute atomic E-state index is 13.7. The topological polar surface area (TPSA) is 51.2 Å². The van der Waals surface area contributed by atoms with Crippen LogP contribution in [0.15, 0.2) is 36.4 Å². The summed E-state index contributed by atoms with van der Waals surface area (Å²) in [6, 6.07) is 9.77. The number of nitrogens with zero attached hydrogens (tertiary/aromatic N) is 1. The summed E-state index contributed by atoms with van der Waals surface area (Å²) in [7, 11) is 1.47. The van der Waals surface area contributed by atoms with Gasteiger partial charge in [0.15, 0.2) is 0 Å². The molecule has 3 rings (SSSR count). The molecule has 0 radical (unpaired) electrons. The van der Waals surface area contributed by atoms with E-state index in [2.05, 4.69) is 10.3 Å². The molecule has 0 saturated heterocycles. The lowest BCUT2D eigenvalue weighted by Crippen LogP contribution is -2.17. The molecular formula is C20H18ClFN2O2. The quantitative estimate of drug-likeness (QED) is 0.709. The lowest BCUT2D eigenvalue weighted by molar-refractivity contribution is -0.119. The molecule has 0 atom stereocenters. The van der Waals surface area contributed by atoms with Gasteiger partial charge in [-0.1, -0.05) is 17.7 Å². The predicted molar refractivity (Wildman–Crippen MR) is 102 cm³/mol. The van der Waals surface area contributed by atoms with Crippen LogP contribution in [0, 0.1) is 19.7 Å². The largest absolute Gasteiger partial charge is 0.375 e. The number of benzene rings is 2. The Labute approximate surface area is 156 Å². The van der Waals surface area contributed by atoms with Gasteiger partial charge < -0.3 is 10.1 Å². The Bertz CT molecular complexity index is 1000. The fraction of sp³-hybridized carbons (Fsp3) is 0.200. The highest BCUT2D eigenvalue weighted by atomic mass is 35.5. The van der Waals surface area contributed by atoms with E-state index in [0.29, 0.717) is 22.0 Å². The fourth-order valence-electron chi connectivity index (χ4n) is 2.92. The average Bonchev–Trinajstić information content (AvgIpc) is 2.59. The number of amides is 1. The van der Waals surface area contributed by atoms with Crippen molar-refractivity contribution in [2.24, 2.45) is 0 Å². The molecule has 6 heteroatoms. The maximum Gasteiger partial charge on any atom is 0.250 e. The van der Waals surface area contributed by atoms with Gasteiger partial charge in [-0.15, -0.1) is 0 Å². The molecule has 0 bridgehead atoms. The molecule has 134 valence electrons. The molecule has 0 aliphatic rings. The second kappa shape index (κ2) is 7.40. The first-order chi connectivity index (χ1) is 12.4. The molecule has 1 N–H and O–H groups in total. The molecule has 1 aromatic heterocycles. The van der Waals surface area contributed by atoms with Crippen LogP contribution in [-0.2, 0) is 9.53 Å². The van der Waals surface area contributed by atoms with Crippen molar-refractivity contribution in [3.8, 4) is 11.3 Å². The molecular weight excluding hydrogens is 355 g/mol. The van der Waals surface area contributed by atoms with Gasteiger partial charge in [0.25, 0.3) is 0 Å². The molecule has 26 heavy (non-hydrogen) atoms. The Kier molecular flexibility index (Phi) is 5.20. The Morgan fingerprint density at radius 3 is 2.69 bits per heavy atom. The number of carbonyl (C=O) groups excluding carboxylic acids is 1. The molecule has 0 unspecified atom stereocenters.